The van der Waals surface area contributed by atoms with Gasteiger partial charge in [0.1, 0.15) is 12.1 Å². The molecule has 0 bridgehead atoms. The minimum Gasteiger partial charge on any atom is -0.467 e. The van der Waals surface area contributed by atoms with Gasteiger partial charge in [-0.3, -0.25) is 4.79 Å². The summed E-state index contributed by atoms with van der Waals surface area (Å²) >= 11 is 1.53. The standard InChI is InChI=1S/C12H21N3O5S/c1-20-11(18)9-5-7(16)6-15(9)10(17)8(3-4-21-2)14-12(13)19/h7-9,16H,3-6H2,1-2H3,(H3,13,14,19). The molecule has 9 heteroatoms. The maximum absolute atomic E-state index is 12.5. The maximum atomic E-state index is 12.5. The summed E-state index contributed by atoms with van der Waals surface area (Å²) in [6.07, 6.45) is 1.61. The van der Waals surface area contributed by atoms with E-state index < -0.39 is 36.1 Å². The number of β-amino-alcohol motifs (C(OH)–C–C–N with tert-alkyl or cyclic N) is 1. The second-order valence-electron chi connectivity index (χ2n) is 4.76. The third kappa shape index (κ3) is 4.78. The Morgan fingerprint density at radius 1 is 1.52 bits per heavy atom. The van der Waals surface area contributed by atoms with E-state index in [1.54, 1.807) is 0 Å². The molecule has 0 radical (unpaired) electrons. The number of urea groups is 1. The Balaban J connectivity index is 2.84. The molecule has 3 unspecified atom stereocenters. The Labute approximate surface area is 127 Å². The number of thioether (sulfide) groups is 1. The number of aliphatic hydroxyl groups excluding tert-OH is 1. The van der Waals surface area contributed by atoms with Gasteiger partial charge in [-0.1, -0.05) is 0 Å². The number of nitrogens with one attached hydrogen (secondary N) is 1. The molecule has 0 aromatic carbocycles. The zero-order valence-corrected chi connectivity index (χ0v) is 12.9. The van der Waals surface area contributed by atoms with E-state index in [0.29, 0.717) is 12.2 Å². The average molecular weight is 319 g/mol. The van der Waals surface area contributed by atoms with E-state index in [1.807, 2.05) is 6.26 Å². The molecule has 1 aliphatic rings. The summed E-state index contributed by atoms with van der Waals surface area (Å²) in [5.41, 5.74) is 5.08. The van der Waals surface area contributed by atoms with E-state index in [-0.39, 0.29) is 13.0 Å². The van der Waals surface area contributed by atoms with Crippen LogP contribution in [0.2, 0.25) is 0 Å². The first kappa shape index (κ1) is 17.6. The van der Waals surface area contributed by atoms with Crippen molar-refractivity contribution in [2.45, 2.75) is 31.0 Å². The zero-order valence-electron chi connectivity index (χ0n) is 12.1. The third-order valence-corrected chi connectivity index (χ3v) is 3.90. The summed E-state index contributed by atoms with van der Waals surface area (Å²) < 4.78 is 4.64. The van der Waals surface area contributed by atoms with E-state index >= 15 is 0 Å². The largest absolute Gasteiger partial charge is 0.467 e. The Kier molecular flexibility index (Phi) is 6.76. The van der Waals surface area contributed by atoms with E-state index in [4.69, 9.17) is 5.73 Å². The summed E-state index contributed by atoms with van der Waals surface area (Å²) in [7, 11) is 1.22. The van der Waals surface area contributed by atoms with Gasteiger partial charge < -0.3 is 25.8 Å². The Bertz CT molecular complexity index is 406. The number of aliphatic hydroxyl groups is 1. The topological polar surface area (TPSA) is 122 Å². The number of primary amides is 1. The lowest BCUT2D eigenvalue weighted by Crippen LogP contribution is -2.53. The summed E-state index contributed by atoms with van der Waals surface area (Å²) in [4.78, 5) is 36.4. The van der Waals surface area contributed by atoms with Crippen LogP contribution in [0.3, 0.4) is 0 Å². The molecule has 21 heavy (non-hydrogen) atoms. The summed E-state index contributed by atoms with van der Waals surface area (Å²) in [6, 6.07) is -2.44. The van der Waals surface area contributed by atoms with Crippen LogP contribution in [0.1, 0.15) is 12.8 Å². The average Bonchev–Trinajstić information content (AvgIpc) is 2.83. The lowest BCUT2D eigenvalue weighted by molar-refractivity contribution is -0.151. The molecule has 0 saturated carbocycles. The monoisotopic (exact) mass is 319 g/mol. The zero-order chi connectivity index (χ0) is 16.0. The number of nitrogens with two attached hydrogens (primary N) is 1. The van der Waals surface area contributed by atoms with Gasteiger partial charge in [-0.05, 0) is 18.4 Å². The number of likely N-dealkylation sites (tertiary alicyclic amines) is 1. The van der Waals surface area contributed by atoms with E-state index in [2.05, 4.69) is 10.1 Å². The highest BCUT2D eigenvalue weighted by Crippen LogP contribution is 2.21. The Hall–Kier alpha value is -1.48. The van der Waals surface area contributed by atoms with Gasteiger partial charge in [0.15, 0.2) is 0 Å². The first-order valence-corrected chi connectivity index (χ1v) is 7.91. The highest BCUT2D eigenvalue weighted by molar-refractivity contribution is 7.98. The van der Waals surface area contributed by atoms with E-state index in [1.165, 1.54) is 23.8 Å². The highest BCUT2D eigenvalue weighted by atomic mass is 32.2. The quantitative estimate of drug-likeness (QED) is 0.535. The lowest BCUT2D eigenvalue weighted by atomic mass is 10.1. The normalized spacial score (nSPS) is 22.7. The number of carbonyl (C=O) groups excluding carboxylic acids is 3. The Morgan fingerprint density at radius 2 is 2.19 bits per heavy atom. The number of hydrogen-bond donors (Lipinski definition) is 3. The minimum atomic E-state index is -0.830. The van der Waals surface area contributed by atoms with Crippen LogP contribution in [-0.4, -0.2) is 71.8 Å². The molecule has 1 heterocycles. The second-order valence-corrected chi connectivity index (χ2v) is 5.75. The van der Waals surface area contributed by atoms with Crippen molar-refractivity contribution in [2.75, 3.05) is 25.7 Å². The molecule has 0 aromatic rings. The van der Waals surface area contributed by atoms with Gasteiger partial charge in [0.2, 0.25) is 5.91 Å². The van der Waals surface area contributed by atoms with Crippen LogP contribution in [0.4, 0.5) is 4.79 Å². The van der Waals surface area contributed by atoms with Gasteiger partial charge in [0, 0.05) is 13.0 Å². The van der Waals surface area contributed by atoms with Crippen molar-refractivity contribution in [2.24, 2.45) is 5.73 Å². The highest BCUT2D eigenvalue weighted by Gasteiger charge is 2.41. The lowest BCUT2D eigenvalue weighted by Gasteiger charge is -2.27. The number of hydrogen-bond acceptors (Lipinski definition) is 6. The van der Waals surface area contributed by atoms with Crippen molar-refractivity contribution in [3.05, 3.63) is 0 Å². The predicted octanol–water partition coefficient (Wildman–Crippen LogP) is -1.09. The molecule has 120 valence electrons. The number of ether oxygens (including phenoxy) is 1. The molecule has 1 saturated heterocycles. The van der Waals surface area contributed by atoms with Gasteiger partial charge in [0.25, 0.3) is 0 Å². The number of methoxy groups -OCH3 is 1. The number of carbonyl (C=O) groups is 3. The predicted molar refractivity (Wildman–Crippen MR) is 77.6 cm³/mol. The fourth-order valence-electron chi connectivity index (χ4n) is 2.28. The smallest absolute Gasteiger partial charge is 0.328 e. The summed E-state index contributed by atoms with van der Waals surface area (Å²) in [5, 5.41) is 12.1. The van der Waals surface area contributed by atoms with Gasteiger partial charge in [0.05, 0.1) is 13.2 Å². The van der Waals surface area contributed by atoms with E-state index in [0.717, 1.165) is 0 Å². The van der Waals surface area contributed by atoms with Crippen molar-refractivity contribution in [3.8, 4) is 0 Å². The van der Waals surface area contributed by atoms with Crippen LogP contribution in [-0.2, 0) is 14.3 Å². The molecular weight excluding hydrogens is 298 g/mol. The van der Waals surface area contributed by atoms with Gasteiger partial charge in [-0.25, -0.2) is 9.59 Å². The first-order chi connectivity index (χ1) is 9.90. The van der Waals surface area contributed by atoms with Crippen molar-refractivity contribution in [1.29, 1.82) is 0 Å². The van der Waals surface area contributed by atoms with Crippen LogP contribution >= 0.6 is 11.8 Å². The third-order valence-electron chi connectivity index (χ3n) is 3.26. The number of rotatable bonds is 6. The van der Waals surface area contributed by atoms with Crippen LogP contribution in [0.15, 0.2) is 0 Å². The van der Waals surface area contributed by atoms with Crippen LogP contribution in [0, 0.1) is 0 Å². The second kappa shape index (κ2) is 8.08. The van der Waals surface area contributed by atoms with Crippen molar-refractivity contribution < 1.29 is 24.2 Å². The van der Waals surface area contributed by atoms with Crippen LogP contribution < -0.4 is 11.1 Å². The fraction of sp³-hybridized carbons (Fsp3) is 0.750. The minimum absolute atomic E-state index is 0.0365. The summed E-state index contributed by atoms with van der Waals surface area (Å²) in [5.74, 6) is -0.368. The number of esters is 1. The fourth-order valence-corrected chi connectivity index (χ4v) is 2.75. The molecular formula is C12H21N3O5S. The van der Waals surface area contributed by atoms with Gasteiger partial charge >= 0.3 is 12.0 Å². The van der Waals surface area contributed by atoms with Crippen molar-refractivity contribution in [1.82, 2.24) is 10.2 Å². The molecule has 3 amide bonds. The molecule has 1 aliphatic heterocycles. The first-order valence-electron chi connectivity index (χ1n) is 6.52. The van der Waals surface area contributed by atoms with Crippen molar-refractivity contribution in [3.63, 3.8) is 0 Å². The molecule has 4 N–H and O–H groups in total. The number of nitrogens with zero attached hydrogens (tertiary/aromatic N) is 1. The molecule has 1 rings (SSSR count). The molecule has 0 aromatic heterocycles. The van der Waals surface area contributed by atoms with E-state index in [9.17, 15) is 19.5 Å². The van der Waals surface area contributed by atoms with Crippen LogP contribution in [0.5, 0.6) is 0 Å². The molecule has 1 fully saturated rings. The molecule has 8 nitrogen and oxygen atoms in total. The summed E-state index contributed by atoms with van der Waals surface area (Å²) in [6.45, 7) is 0.0365. The van der Waals surface area contributed by atoms with Crippen molar-refractivity contribution >= 4 is 29.7 Å². The maximum Gasteiger partial charge on any atom is 0.328 e. The van der Waals surface area contributed by atoms with Crippen LogP contribution in [0.25, 0.3) is 0 Å². The van der Waals surface area contributed by atoms with Gasteiger partial charge in [-0.2, -0.15) is 11.8 Å². The SMILES string of the molecule is COC(=O)C1CC(O)CN1C(=O)C(CCSC)NC(N)=O. The van der Waals surface area contributed by atoms with Gasteiger partial charge in [-0.15, -0.1) is 0 Å². The number of amides is 3. The Morgan fingerprint density at radius 3 is 2.71 bits per heavy atom. The molecule has 0 aliphatic carbocycles. The molecule has 0 spiro atoms. The molecule has 3 atom stereocenters.